The maximum Gasteiger partial charge on any atom is 0.573 e. The Morgan fingerprint density at radius 3 is 1.15 bits per heavy atom. The molecule has 2 fully saturated rings. The lowest BCUT2D eigenvalue weighted by molar-refractivity contribution is -0.306. The number of ether oxygens (including phenoxy) is 4. The number of thiocarbonyl (C=S) groups is 3. The van der Waals surface area contributed by atoms with Crippen molar-refractivity contribution in [2.24, 2.45) is 47.9 Å². The number of unbranched alkanes of at least 4 members (excludes halogenated alkanes) is 2. The standard InChI is InChI=1S/C26H23F4N5O.C21H20BrF3N4O.C21H19BrF3N3OS.C16H9BrF3NOS3.C5H5BFNO2.C5H14N2.C4H10O2.H3N.H2O/c27-22-21(8-5-14-32-22)17-6-4-7-19(16-17)25(18-9-11-20(12-10-18)36-26(28,29)30)23-33-13-2-1-3-15-35(23)24(31)34-25;22-16-6-4-5-15(13-16)20(14-7-9-17(10-8-14)30-21(23,24)25)18-27-11-2-1-3-12-29(18)19(26)28-20;22-16-6-4-5-15(13-16)20(14-7-9-17(10-8-14)29-21(23,24)25)18-26-11-2-1-3-12-28(18)19(30)27-20;17-11-3-1-2-10(8-11)15(13(23)25-14(24)21-15)9-4-6-12(7-5-9)22-16(18,19)20;7-5-4(6(9)10)2-1-3-8-5;6-4-2-1-3-5-7;1-4(2,3)6-5;;/h4-12,14,16H,1-3,13,15H2,(H2,31,34);4-10,13H,1-3,11-12H2,(H2,26,28);4-10,13H,1-3,11-12H2,(H,27,30);1-8H,(H,21,24);1-3,9-10H;1-7H2;5H,1-3H3;1H3;1H2. The summed E-state index contributed by atoms with van der Waals surface area (Å²) in [5, 5.41) is 32.1. The van der Waals surface area contributed by atoms with Gasteiger partial charge in [0.2, 0.25) is 11.9 Å². The second-order valence-corrected chi connectivity index (χ2v) is 39.2. The topological polar surface area (TPSA) is 399 Å². The number of aliphatic imine (C=N–C) groups is 5. The Bertz CT molecular complexity index is 6210. The van der Waals surface area contributed by atoms with Gasteiger partial charge in [0.05, 0.1) is 9.80 Å². The van der Waals surface area contributed by atoms with E-state index in [2.05, 4.69) is 92.2 Å². The number of benzene rings is 8. The molecular formula is C98H105BBr3F14N17O9S4. The van der Waals surface area contributed by atoms with Crippen LogP contribution in [0.15, 0.2) is 269 Å². The minimum absolute atomic E-state index is 0. The molecule has 0 spiro atoms. The summed E-state index contributed by atoms with van der Waals surface area (Å²) in [6, 6.07) is 58.9. The Hall–Kier alpha value is -11.0. The molecule has 0 aliphatic carbocycles. The average Bonchev–Trinajstić information content (AvgIpc) is 1.58. The lowest BCUT2D eigenvalue weighted by Crippen LogP contribution is -2.45. The molecule has 9 heterocycles. The van der Waals surface area contributed by atoms with Gasteiger partial charge in [-0.05, 0) is 276 Å². The van der Waals surface area contributed by atoms with E-state index in [0.717, 1.165) is 132 Å². The van der Waals surface area contributed by atoms with Crippen LogP contribution in [0.5, 0.6) is 23.0 Å². The van der Waals surface area contributed by atoms with Crippen molar-refractivity contribution in [2.45, 2.75) is 151 Å². The van der Waals surface area contributed by atoms with Crippen molar-refractivity contribution in [1.82, 2.24) is 41.5 Å². The molecule has 4 atom stereocenters. The molecule has 0 saturated carbocycles. The number of pyridine rings is 2. The van der Waals surface area contributed by atoms with Crippen molar-refractivity contribution in [2.75, 3.05) is 52.4 Å². The molecule has 7 aliphatic rings. The highest BCUT2D eigenvalue weighted by Crippen LogP contribution is 2.48. The Balaban J connectivity index is 0.000000201. The lowest BCUT2D eigenvalue weighted by Gasteiger charge is -2.32. The van der Waals surface area contributed by atoms with Gasteiger partial charge < -0.3 is 79.1 Å². The van der Waals surface area contributed by atoms with Gasteiger partial charge in [-0.25, -0.2) is 24.8 Å². The largest absolute Gasteiger partial charge is 0.573 e. The fourth-order valence-corrected chi connectivity index (χ4v) is 19.6. The van der Waals surface area contributed by atoms with E-state index in [1.54, 1.807) is 87.5 Å². The smallest absolute Gasteiger partial charge is 0.423 e. The molecule has 2 saturated heterocycles. The van der Waals surface area contributed by atoms with Crippen LogP contribution < -0.4 is 64.1 Å². The number of aromatic nitrogens is 2. The maximum atomic E-state index is 14.5. The molecule has 2 aromatic heterocycles. The Labute approximate surface area is 879 Å². The van der Waals surface area contributed by atoms with Crippen molar-refractivity contribution in [3.8, 4) is 34.1 Å². The summed E-state index contributed by atoms with van der Waals surface area (Å²) in [5.74, 6) is 0.0169. The number of hydrogen-bond acceptors (Lipinski definition) is 26. The van der Waals surface area contributed by atoms with Crippen molar-refractivity contribution in [1.29, 1.82) is 0 Å². The van der Waals surface area contributed by atoms with Crippen LogP contribution in [0.1, 0.15) is 142 Å². The number of rotatable bonds is 18. The van der Waals surface area contributed by atoms with Crippen molar-refractivity contribution in [3.63, 3.8) is 0 Å². The van der Waals surface area contributed by atoms with Gasteiger partial charge in [-0.2, -0.15) is 8.78 Å². The van der Waals surface area contributed by atoms with Crippen molar-refractivity contribution in [3.05, 3.63) is 301 Å². The normalized spacial score (nSPS) is 19.1. The predicted molar refractivity (Wildman–Crippen MR) is 559 cm³/mol. The number of nitrogens with zero attached hydrogens (tertiary/aromatic N) is 10. The molecule has 17 rings (SSSR count). The highest BCUT2D eigenvalue weighted by atomic mass is 79.9. The van der Waals surface area contributed by atoms with E-state index in [9.17, 15) is 61.5 Å². The van der Waals surface area contributed by atoms with E-state index in [1.807, 2.05) is 93.6 Å². The van der Waals surface area contributed by atoms with Crippen LogP contribution in [0.2, 0.25) is 0 Å². The van der Waals surface area contributed by atoms with Crippen LogP contribution in [-0.4, -0.2) is 179 Å². The van der Waals surface area contributed by atoms with Gasteiger partial charge in [0.1, 0.15) is 55.9 Å². The van der Waals surface area contributed by atoms with E-state index in [4.69, 9.17) is 99.9 Å². The zero-order valence-electron chi connectivity index (χ0n) is 78.6. The third kappa shape index (κ3) is 31.1. The number of hydrogen-bond donors (Lipinski definition) is 10. The fraction of sp³-hybridized carbons (Fsp3) is 0.327. The van der Waals surface area contributed by atoms with E-state index in [-0.39, 0.29) is 46.0 Å². The lowest BCUT2D eigenvalue weighted by atomic mass is 9.81. The second-order valence-electron chi connectivity index (χ2n) is 33.7. The van der Waals surface area contributed by atoms with Crippen LogP contribution in [0.4, 0.5) is 61.5 Å². The SMILES string of the molecule is CC(C)(C)OO.FC(F)(F)Oc1ccc(C2(c3cccc(Br)c3)NC(=S)N3CCCCCN=C32)cc1.FC(F)(F)Oc1ccc(C2(c3cccc(Br)c3)NC(=S)SC2=S)cc1.N.NC1=NC(c2ccc(OC(F)(F)F)cc2)(c2cccc(-c3cccnc3F)c2)C2=NCCCCCN12.NC1=NC(c2ccc(OC(F)(F)F)cc2)(c2cccc(Br)c2)C2=NCCCCCN12.NCCCCCN.O.OB(O)c1cccnc1F. The first-order valence-corrected chi connectivity index (χ1v) is 49.4. The highest BCUT2D eigenvalue weighted by Gasteiger charge is 2.54. The Morgan fingerprint density at radius 1 is 0.432 bits per heavy atom. The predicted octanol–water partition coefficient (Wildman–Crippen LogP) is 20.5. The summed E-state index contributed by atoms with van der Waals surface area (Å²) in [5.41, 5.74) is 25.3. The zero-order valence-corrected chi connectivity index (χ0v) is 86.6. The van der Waals surface area contributed by atoms with Crippen LogP contribution in [0.25, 0.3) is 11.1 Å². The third-order valence-electron chi connectivity index (χ3n) is 22.5. The van der Waals surface area contributed by atoms with Crippen LogP contribution in [-0.2, 0) is 27.0 Å². The number of guanidine groups is 2. The maximum absolute atomic E-state index is 14.5. The summed E-state index contributed by atoms with van der Waals surface area (Å²) in [7, 11) is -1.78. The summed E-state index contributed by atoms with van der Waals surface area (Å²) >= 11 is 28.2. The summed E-state index contributed by atoms with van der Waals surface area (Å²) < 4.78 is 198. The van der Waals surface area contributed by atoms with E-state index >= 15 is 0 Å². The number of thioether (sulfide) groups is 1. The van der Waals surface area contributed by atoms with Gasteiger partial charge in [0, 0.05) is 76.1 Å². The molecule has 782 valence electrons. The number of alkyl halides is 12. The quantitative estimate of drug-likeness (QED) is 0.00725. The number of halogens is 17. The number of nitrogens with two attached hydrogens (primary N) is 4. The molecule has 48 heteroatoms. The van der Waals surface area contributed by atoms with Gasteiger partial charge in [-0.1, -0.05) is 200 Å². The van der Waals surface area contributed by atoms with E-state index in [1.165, 1.54) is 103 Å². The van der Waals surface area contributed by atoms with Crippen LogP contribution >= 0.6 is 96.2 Å². The monoisotopic (exact) mass is 2310 g/mol. The number of amidine groups is 3. The van der Waals surface area contributed by atoms with Gasteiger partial charge in [-0.15, -0.1) is 52.7 Å². The minimum atomic E-state index is -4.81. The van der Waals surface area contributed by atoms with Gasteiger partial charge >= 0.3 is 32.6 Å². The van der Waals surface area contributed by atoms with Crippen molar-refractivity contribution >= 4 is 152 Å². The molecule has 146 heavy (non-hydrogen) atoms. The molecule has 0 amide bonds. The minimum Gasteiger partial charge on any atom is -0.423 e. The summed E-state index contributed by atoms with van der Waals surface area (Å²) in [6.07, 6.45) is -4.19. The first-order valence-electron chi connectivity index (χ1n) is 45.0. The molecular weight excluding hydrogens is 2200 g/mol. The van der Waals surface area contributed by atoms with Gasteiger partial charge in [0.15, 0.2) is 28.1 Å². The third-order valence-corrected chi connectivity index (χ3v) is 26.0. The molecule has 8 aromatic carbocycles. The van der Waals surface area contributed by atoms with E-state index < -0.39 is 72.2 Å². The van der Waals surface area contributed by atoms with Gasteiger partial charge in [-0.3, -0.25) is 30.0 Å². The molecule has 10 aromatic rings. The molecule has 4 unspecified atom stereocenters. The van der Waals surface area contributed by atoms with E-state index in [0.29, 0.717) is 97.4 Å². The molecule has 26 nitrogen and oxygen atoms in total. The molecule has 0 bridgehead atoms. The Kier molecular flexibility index (Phi) is 42.9. The van der Waals surface area contributed by atoms with Crippen LogP contribution in [0.3, 0.4) is 0 Å². The first-order chi connectivity index (χ1) is 68.3. The number of fused-ring (bicyclic) bond motifs is 3. The second kappa shape index (κ2) is 52.8. The molecule has 18 N–H and O–H groups in total. The zero-order chi connectivity index (χ0) is 105. The molecule has 7 aliphatic heterocycles. The summed E-state index contributed by atoms with van der Waals surface area (Å²) in [4.78, 5) is 41.0. The fourth-order valence-electron chi connectivity index (χ4n) is 16.2. The first kappa shape index (κ1) is 119. The van der Waals surface area contributed by atoms with Gasteiger partial charge in [0.25, 0.3) is 0 Å². The number of nitrogens with one attached hydrogen (secondary N) is 2. The molecule has 0 radical (unpaired) electrons. The Morgan fingerprint density at radius 2 is 0.788 bits per heavy atom. The summed E-state index contributed by atoms with van der Waals surface area (Å²) in [6.45, 7) is 10.8. The van der Waals surface area contributed by atoms with Crippen LogP contribution in [0, 0.1) is 11.9 Å². The average molecular weight is 2310 g/mol. The van der Waals surface area contributed by atoms with Crippen molar-refractivity contribution < 1.29 is 106 Å². The highest BCUT2D eigenvalue weighted by molar-refractivity contribution is 9.11.